The van der Waals surface area contributed by atoms with Crippen molar-refractivity contribution in [2.45, 2.75) is 40.5 Å². The summed E-state index contributed by atoms with van der Waals surface area (Å²) in [4.78, 5) is 16.0. The summed E-state index contributed by atoms with van der Waals surface area (Å²) in [7, 11) is 6.06. The van der Waals surface area contributed by atoms with E-state index < -0.39 is 0 Å². The van der Waals surface area contributed by atoms with E-state index in [0.717, 1.165) is 39.7 Å². The van der Waals surface area contributed by atoms with Gasteiger partial charge in [0.15, 0.2) is 0 Å². The zero-order valence-corrected chi connectivity index (χ0v) is 14.9. The molecule has 2 aromatic rings. The molecule has 0 aromatic carbocycles. The lowest BCUT2D eigenvalue weighted by atomic mass is 9.91. The number of aliphatic imine (C=N–C) groups is 1. The molecule has 0 saturated heterocycles. The van der Waals surface area contributed by atoms with Gasteiger partial charge in [0, 0.05) is 17.5 Å². The number of aromatic nitrogens is 2. The van der Waals surface area contributed by atoms with Crippen molar-refractivity contribution < 1.29 is 0 Å². The van der Waals surface area contributed by atoms with Crippen molar-refractivity contribution in [1.82, 2.24) is 9.97 Å². The van der Waals surface area contributed by atoms with E-state index in [1.54, 1.807) is 0 Å². The maximum atomic E-state index is 6.06. The van der Waals surface area contributed by atoms with Crippen LogP contribution in [-0.4, -0.2) is 23.5 Å². The zero-order chi connectivity index (χ0) is 17.6. The van der Waals surface area contributed by atoms with Crippen LogP contribution in [0.25, 0.3) is 0 Å². The van der Waals surface area contributed by atoms with Gasteiger partial charge in [-0.1, -0.05) is 32.0 Å². The highest BCUT2D eigenvalue weighted by Crippen LogP contribution is 2.39. The van der Waals surface area contributed by atoms with Gasteiger partial charge in [0.1, 0.15) is 19.5 Å². The van der Waals surface area contributed by atoms with Crippen molar-refractivity contribution in [2.24, 2.45) is 4.99 Å². The highest BCUT2D eigenvalue weighted by Gasteiger charge is 2.28. The first-order valence-corrected chi connectivity index (χ1v) is 8.08. The van der Waals surface area contributed by atoms with Crippen molar-refractivity contribution in [3.05, 3.63) is 53.2 Å². The molecule has 0 fully saturated rings. The summed E-state index contributed by atoms with van der Waals surface area (Å²) in [6.07, 6.45) is 1.85. The van der Waals surface area contributed by atoms with Crippen molar-refractivity contribution in [3.63, 3.8) is 0 Å². The molecule has 24 heavy (non-hydrogen) atoms. The Morgan fingerprint density at radius 3 is 2.58 bits per heavy atom. The van der Waals surface area contributed by atoms with Gasteiger partial charge in [-0.05, 0) is 38.3 Å². The lowest BCUT2D eigenvalue weighted by Crippen LogP contribution is -2.28. The summed E-state index contributed by atoms with van der Waals surface area (Å²) in [5.74, 6) is 1.74. The molecule has 0 N–H and O–H groups in total. The predicted octanol–water partition coefficient (Wildman–Crippen LogP) is 3.44. The number of nitrogens with zero attached hydrogens (tertiary/aromatic N) is 4. The summed E-state index contributed by atoms with van der Waals surface area (Å²) in [5.41, 5.74) is 6.41. The predicted molar refractivity (Wildman–Crippen MR) is 101 cm³/mol. The van der Waals surface area contributed by atoms with E-state index in [4.69, 9.17) is 12.8 Å². The van der Waals surface area contributed by atoms with Gasteiger partial charge in [0.25, 0.3) is 0 Å². The van der Waals surface area contributed by atoms with Crippen LogP contribution in [0.5, 0.6) is 0 Å². The first kappa shape index (κ1) is 16.4. The molecular formula is C19H21BN4. The molecule has 0 spiro atoms. The summed E-state index contributed by atoms with van der Waals surface area (Å²) in [6.45, 7) is 14.4. The Kier molecular flexibility index (Phi) is 4.04. The molecule has 1 aliphatic rings. The van der Waals surface area contributed by atoms with Crippen LogP contribution in [0, 0.1) is 13.8 Å². The third-order valence-corrected chi connectivity index (χ3v) is 4.31. The first-order chi connectivity index (χ1) is 11.3. The van der Waals surface area contributed by atoms with Gasteiger partial charge >= 0.3 is 0 Å². The maximum Gasteiger partial charge on any atom is 0.148 e. The number of anilines is 2. The summed E-state index contributed by atoms with van der Waals surface area (Å²) in [5, 5.41) is 0. The molecular weight excluding hydrogens is 295 g/mol. The molecule has 3 rings (SSSR count). The van der Waals surface area contributed by atoms with E-state index in [0.29, 0.717) is 11.3 Å². The Balaban J connectivity index is 2.32. The second-order valence-corrected chi connectivity index (χ2v) is 6.50. The van der Waals surface area contributed by atoms with Gasteiger partial charge < -0.3 is 0 Å². The fourth-order valence-electron chi connectivity index (χ4n) is 2.99. The third-order valence-electron chi connectivity index (χ3n) is 4.31. The first-order valence-electron chi connectivity index (χ1n) is 8.08. The molecule has 0 unspecified atom stereocenters. The van der Waals surface area contributed by atoms with E-state index in [1.807, 2.05) is 37.1 Å². The van der Waals surface area contributed by atoms with E-state index in [-0.39, 0.29) is 5.92 Å². The lowest BCUT2D eigenvalue weighted by Gasteiger charge is -2.33. The Hall–Kier alpha value is -2.43. The molecule has 2 aromatic heterocycles. The van der Waals surface area contributed by atoms with Crippen LogP contribution in [0.15, 0.2) is 35.7 Å². The maximum absolute atomic E-state index is 6.06. The van der Waals surface area contributed by atoms with Gasteiger partial charge in [-0.2, -0.15) is 0 Å². The van der Waals surface area contributed by atoms with E-state index in [2.05, 4.69) is 37.3 Å². The summed E-state index contributed by atoms with van der Waals surface area (Å²) in [6, 6.07) is 3.94. The fraction of sp³-hybridized carbons (Fsp3) is 0.316. The number of rotatable bonds is 2. The quantitative estimate of drug-likeness (QED) is 0.797. The van der Waals surface area contributed by atoms with Gasteiger partial charge in [0.05, 0.1) is 17.1 Å². The van der Waals surface area contributed by atoms with Crippen LogP contribution in [0.1, 0.15) is 49.2 Å². The number of aryl methyl sites for hydroxylation is 2. The standard InChI is InChI=1S/C19H21BN4/c1-10(2)17-18(11(3)7-8-21-17)24-14(6)22-12(4)15-9-16(20)13(5)23-19(15)24/h7-10H,6H2,1-5H3. The van der Waals surface area contributed by atoms with Gasteiger partial charge in [-0.3, -0.25) is 9.88 Å². The Morgan fingerprint density at radius 1 is 1.21 bits per heavy atom. The van der Waals surface area contributed by atoms with Crippen LogP contribution in [-0.2, 0) is 0 Å². The molecule has 2 radical (unpaired) electrons. The summed E-state index contributed by atoms with van der Waals surface area (Å²) >= 11 is 0. The number of pyridine rings is 2. The normalized spacial score (nSPS) is 14.0. The van der Waals surface area contributed by atoms with Crippen LogP contribution in [0.3, 0.4) is 0 Å². The molecule has 4 nitrogen and oxygen atoms in total. The molecule has 5 heteroatoms. The number of hydrogen-bond acceptors (Lipinski definition) is 4. The Morgan fingerprint density at radius 2 is 1.92 bits per heavy atom. The minimum absolute atomic E-state index is 0.276. The van der Waals surface area contributed by atoms with Crippen molar-refractivity contribution >= 4 is 30.5 Å². The smallest absolute Gasteiger partial charge is 0.148 e. The second kappa shape index (κ2) is 5.89. The molecule has 0 atom stereocenters. The minimum Gasteiger partial charge on any atom is -0.277 e. The highest BCUT2D eigenvalue weighted by molar-refractivity contribution is 6.33. The summed E-state index contributed by atoms with van der Waals surface area (Å²) < 4.78 is 0. The average molecular weight is 316 g/mol. The zero-order valence-electron chi connectivity index (χ0n) is 14.9. The van der Waals surface area contributed by atoms with Gasteiger partial charge in [-0.15, -0.1) is 0 Å². The molecule has 1 aliphatic heterocycles. The van der Waals surface area contributed by atoms with Crippen molar-refractivity contribution in [3.8, 4) is 0 Å². The molecule has 120 valence electrons. The van der Waals surface area contributed by atoms with Crippen molar-refractivity contribution in [1.29, 1.82) is 0 Å². The second-order valence-electron chi connectivity index (χ2n) is 6.50. The average Bonchev–Trinajstić information content (AvgIpc) is 2.50. The molecule has 0 aliphatic carbocycles. The van der Waals surface area contributed by atoms with Crippen molar-refractivity contribution in [2.75, 3.05) is 4.90 Å². The molecule has 0 saturated carbocycles. The monoisotopic (exact) mass is 316 g/mol. The van der Waals surface area contributed by atoms with E-state index in [9.17, 15) is 0 Å². The highest BCUT2D eigenvalue weighted by atomic mass is 15.3. The van der Waals surface area contributed by atoms with E-state index in [1.165, 1.54) is 0 Å². The Bertz CT molecular complexity index is 868. The van der Waals surface area contributed by atoms with Gasteiger partial charge in [0.2, 0.25) is 0 Å². The molecule has 0 bridgehead atoms. The van der Waals surface area contributed by atoms with Crippen LogP contribution in [0.2, 0.25) is 0 Å². The third kappa shape index (κ3) is 2.54. The molecule has 3 heterocycles. The van der Waals surface area contributed by atoms with Gasteiger partial charge in [-0.25, -0.2) is 9.98 Å². The van der Waals surface area contributed by atoms with Crippen LogP contribution < -0.4 is 10.4 Å². The number of hydrogen-bond donors (Lipinski definition) is 0. The SMILES string of the molecule is [B]c1cc2c(nc1C)N(c1c(C)ccnc1C(C)C)C(=C)N=C2C. The Labute approximate surface area is 144 Å². The van der Waals surface area contributed by atoms with Crippen LogP contribution >= 0.6 is 0 Å². The van der Waals surface area contributed by atoms with Crippen LogP contribution in [0.4, 0.5) is 11.5 Å². The number of fused-ring (bicyclic) bond motifs is 1. The largest absolute Gasteiger partial charge is 0.277 e. The lowest BCUT2D eigenvalue weighted by molar-refractivity contribution is 0.813. The minimum atomic E-state index is 0.276. The van der Waals surface area contributed by atoms with E-state index >= 15 is 0 Å². The topological polar surface area (TPSA) is 41.4 Å². The fourth-order valence-corrected chi connectivity index (χ4v) is 2.99. The molecule has 0 amide bonds.